The van der Waals surface area contributed by atoms with Gasteiger partial charge in [-0.2, -0.15) is 11.8 Å². The molecule has 1 aromatic carbocycles. The molecule has 3 nitrogen and oxygen atoms in total. The van der Waals surface area contributed by atoms with Crippen molar-refractivity contribution in [3.8, 4) is 0 Å². The predicted octanol–water partition coefficient (Wildman–Crippen LogP) is 3.40. The van der Waals surface area contributed by atoms with Gasteiger partial charge in [-0.3, -0.25) is 4.79 Å². The van der Waals surface area contributed by atoms with Crippen LogP contribution in [0.15, 0.2) is 24.3 Å². The Morgan fingerprint density at radius 2 is 1.96 bits per heavy atom. The topological polar surface area (TPSA) is 32.3 Å². The zero-order chi connectivity index (χ0) is 15.9. The van der Waals surface area contributed by atoms with Gasteiger partial charge in [0, 0.05) is 37.8 Å². The van der Waals surface area contributed by atoms with Gasteiger partial charge in [-0.1, -0.05) is 37.1 Å². The van der Waals surface area contributed by atoms with Crippen molar-refractivity contribution in [2.75, 3.05) is 31.1 Å². The number of thioether (sulfide) groups is 1. The van der Waals surface area contributed by atoms with E-state index in [1.54, 1.807) is 0 Å². The van der Waals surface area contributed by atoms with Crippen molar-refractivity contribution >= 4 is 17.7 Å². The van der Waals surface area contributed by atoms with E-state index in [1.165, 1.54) is 42.6 Å². The number of carbonyl (C=O) groups excluding carboxylic acids is 1. The zero-order valence-electron chi connectivity index (χ0n) is 13.9. The van der Waals surface area contributed by atoms with Gasteiger partial charge in [0.25, 0.3) is 0 Å². The minimum atomic E-state index is 0.328. The molecule has 1 atom stereocenters. The summed E-state index contributed by atoms with van der Waals surface area (Å²) in [5.41, 5.74) is 2.90. The average molecular weight is 333 g/mol. The molecule has 3 rings (SSSR count). The first-order valence-corrected chi connectivity index (χ1v) is 10.2. The summed E-state index contributed by atoms with van der Waals surface area (Å²) in [5, 5.41) is 3.64. The lowest BCUT2D eigenvalue weighted by atomic mass is 9.99. The smallest absolute Gasteiger partial charge is 0.223 e. The van der Waals surface area contributed by atoms with Gasteiger partial charge in [0.1, 0.15) is 0 Å². The van der Waals surface area contributed by atoms with Crippen LogP contribution in [0.3, 0.4) is 0 Å². The molecule has 1 N–H and O–H groups in total. The first kappa shape index (κ1) is 16.8. The largest absolute Gasteiger partial charge is 0.343 e. The summed E-state index contributed by atoms with van der Waals surface area (Å²) in [4.78, 5) is 14.5. The van der Waals surface area contributed by atoms with Crippen LogP contribution in [0.1, 0.15) is 49.3 Å². The molecule has 23 heavy (non-hydrogen) atoms. The second-order valence-electron chi connectivity index (χ2n) is 6.58. The standard InChI is InChI=1S/C19H28N2OS/c22-19(21-12-5-1-2-6-13-21)9-11-20-18-15-23-14-10-16-7-3-4-8-17(16)18/h3-4,7-8,18,20H,1-2,5-6,9-15H2/t18-/m0/s1. The molecule has 0 radical (unpaired) electrons. The van der Waals surface area contributed by atoms with E-state index >= 15 is 0 Å². The highest BCUT2D eigenvalue weighted by Gasteiger charge is 2.19. The maximum Gasteiger partial charge on any atom is 0.223 e. The van der Waals surface area contributed by atoms with Crippen LogP contribution in [-0.2, 0) is 11.2 Å². The van der Waals surface area contributed by atoms with Crippen LogP contribution in [0.25, 0.3) is 0 Å². The molecule has 2 aliphatic rings. The quantitative estimate of drug-likeness (QED) is 0.917. The van der Waals surface area contributed by atoms with Crippen LogP contribution in [0, 0.1) is 0 Å². The van der Waals surface area contributed by atoms with E-state index < -0.39 is 0 Å². The first-order chi connectivity index (χ1) is 11.3. The lowest BCUT2D eigenvalue weighted by Gasteiger charge is -2.22. The van der Waals surface area contributed by atoms with Crippen LogP contribution in [0.5, 0.6) is 0 Å². The molecule has 0 aliphatic carbocycles. The van der Waals surface area contributed by atoms with Crippen molar-refractivity contribution < 1.29 is 4.79 Å². The second kappa shape index (κ2) is 8.74. The summed E-state index contributed by atoms with van der Waals surface area (Å²) >= 11 is 2.01. The number of benzene rings is 1. The van der Waals surface area contributed by atoms with Crippen LogP contribution in [0.4, 0.5) is 0 Å². The number of likely N-dealkylation sites (tertiary alicyclic amines) is 1. The summed E-state index contributed by atoms with van der Waals surface area (Å²) in [6, 6.07) is 9.14. The van der Waals surface area contributed by atoms with Gasteiger partial charge in [0.15, 0.2) is 0 Å². The summed E-state index contributed by atoms with van der Waals surface area (Å²) in [6.07, 6.45) is 6.68. The number of rotatable bonds is 4. The molecule has 0 saturated carbocycles. The van der Waals surface area contributed by atoms with Crippen molar-refractivity contribution in [1.82, 2.24) is 10.2 Å². The van der Waals surface area contributed by atoms with Crippen molar-refractivity contribution in [3.63, 3.8) is 0 Å². The van der Waals surface area contributed by atoms with E-state index in [1.807, 2.05) is 11.8 Å². The fourth-order valence-electron chi connectivity index (χ4n) is 3.58. The van der Waals surface area contributed by atoms with E-state index in [0.717, 1.165) is 31.8 Å². The SMILES string of the molecule is O=C(CCN[C@H]1CSCCc2ccccc21)N1CCCCCC1. The zero-order valence-corrected chi connectivity index (χ0v) is 14.7. The Balaban J connectivity index is 1.51. The van der Waals surface area contributed by atoms with E-state index in [2.05, 4.69) is 34.5 Å². The van der Waals surface area contributed by atoms with Crippen molar-refractivity contribution in [2.45, 2.75) is 44.6 Å². The third kappa shape index (κ3) is 4.74. The highest BCUT2D eigenvalue weighted by molar-refractivity contribution is 7.99. The Morgan fingerprint density at radius 3 is 2.78 bits per heavy atom. The van der Waals surface area contributed by atoms with Crippen LogP contribution < -0.4 is 5.32 Å². The molecule has 0 aromatic heterocycles. The highest BCUT2D eigenvalue weighted by Crippen LogP contribution is 2.27. The lowest BCUT2D eigenvalue weighted by molar-refractivity contribution is -0.131. The van der Waals surface area contributed by atoms with Gasteiger partial charge in [-0.15, -0.1) is 0 Å². The third-order valence-corrected chi connectivity index (χ3v) is 5.98. The van der Waals surface area contributed by atoms with Gasteiger partial charge in [0.05, 0.1) is 0 Å². The molecule has 1 saturated heterocycles. The Kier molecular flexibility index (Phi) is 6.40. The minimum absolute atomic E-state index is 0.328. The van der Waals surface area contributed by atoms with Crippen LogP contribution >= 0.6 is 11.8 Å². The summed E-state index contributed by atoms with van der Waals surface area (Å²) in [6.45, 7) is 2.71. The second-order valence-corrected chi connectivity index (χ2v) is 7.73. The summed E-state index contributed by atoms with van der Waals surface area (Å²) in [5.74, 6) is 2.63. The molecule has 0 spiro atoms. The van der Waals surface area contributed by atoms with E-state index in [0.29, 0.717) is 18.4 Å². The van der Waals surface area contributed by atoms with Gasteiger partial charge in [-0.25, -0.2) is 0 Å². The van der Waals surface area contributed by atoms with Crippen molar-refractivity contribution in [1.29, 1.82) is 0 Å². The molecule has 1 fully saturated rings. The van der Waals surface area contributed by atoms with Crippen molar-refractivity contribution in [3.05, 3.63) is 35.4 Å². The van der Waals surface area contributed by atoms with Crippen LogP contribution in [-0.4, -0.2) is 41.9 Å². The fraction of sp³-hybridized carbons (Fsp3) is 0.632. The fourth-order valence-corrected chi connectivity index (χ4v) is 4.64. The molecule has 0 unspecified atom stereocenters. The normalized spacial score (nSPS) is 22.1. The summed E-state index contributed by atoms with van der Waals surface area (Å²) in [7, 11) is 0. The third-order valence-electron chi connectivity index (χ3n) is 4.92. The van der Waals surface area contributed by atoms with Crippen LogP contribution in [0.2, 0.25) is 0 Å². The van der Waals surface area contributed by atoms with Gasteiger partial charge < -0.3 is 10.2 Å². The van der Waals surface area contributed by atoms with E-state index in [9.17, 15) is 4.79 Å². The molecule has 1 aromatic rings. The van der Waals surface area contributed by atoms with Crippen molar-refractivity contribution in [2.24, 2.45) is 0 Å². The maximum absolute atomic E-state index is 12.4. The van der Waals surface area contributed by atoms with E-state index in [4.69, 9.17) is 0 Å². The Hall–Kier alpha value is -1.00. The molecule has 2 heterocycles. The number of nitrogens with zero attached hydrogens (tertiary/aromatic N) is 1. The first-order valence-electron chi connectivity index (χ1n) is 9.01. The van der Waals surface area contributed by atoms with E-state index in [-0.39, 0.29) is 0 Å². The Morgan fingerprint density at radius 1 is 1.17 bits per heavy atom. The Labute approximate surface area is 144 Å². The number of amides is 1. The minimum Gasteiger partial charge on any atom is -0.343 e. The average Bonchev–Trinajstić information content (AvgIpc) is 2.96. The summed E-state index contributed by atoms with van der Waals surface area (Å²) < 4.78 is 0. The number of fused-ring (bicyclic) bond motifs is 1. The highest BCUT2D eigenvalue weighted by atomic mass is 32.2. The molecule has 4 heteroatoms. The number of nitrogens with one attached hydrogen (secondary N) is 1. The Bertz CT molecular complexity index is 512. The van der Waals surface area contributed by atoms with Gasteiger partial charge in [-0.05, 0) is 36.1 Å². The molecule has 0 bridgehead atoms. The predicted molar refractivity (Wildman–Crippen MR) is 97.9 cm³/mol. The number of carbonyl (C=O) groups is 1. The maximum atomic E-state index is 12.4. The monoisotopic (exact) mass is 332 g/mol. The van der Waals surface area contributed by atoms with Gasteiger partial charge in [0.2, 0.25) is 5.91 Å². The van der Waals surface area contributed by atoms with Gasteiger partial charge >= 0.3 is 0 Å². The molecule has 2 aliphatic heterocycles. The molecular formula is C19H28N2OS. The molecule has 126 valence electrons. The number of hydrogen-bond acceptors (Lipinski definition) is 3. The lowest BCUT2D eigenvalue weighted by Crippen LogP contribution is -2.35. The molecule has 1 amide bonds. The number of hydrogen-bond donors (Lipinski definition) is 1. The number of aryl methyl sites for hydroxylation is 1. The molecular weight excluding hydrogens is 304 g/mol.